The van der Waals surface area contributed by atoms with Crippen LogP contribution in [0, 0.1) is 11.7 Å². The lowest BCUT2D eigenvalue weighted by Crippen LogP contribution is -2.51. The Labute approximate surface area is 195 Å². The first-order valence-corrected chi connectivity index (χ1v) is 11.2. The molecule has 1 spiro atoms. The number of amides is 1. The third kappa shape index (κ3) is 2.56. The third-order valence-electron chi connectivity index (χ3n) is 7.35. The molecule has 0 aliphatic carbocycles. The summed E-state index contributed by atoms with van der Waals surface area (Å²) < 4.78 is 14.0. The number of halogens is 1. The zero-order chi connectivity index (χ0) is 23.6. The number of benzene rings is 3. The van der Waals surface area contributed by atoms with Gasteiger partial charge in [0.1, 0.15) is 11.2 Å². The van der Waals surface area contributed by atoms with E-state index >= 15 is 0 Å². The monoisotopic (exact) mass is 452 g/mol. The lowest BCUT2D eigenvalue weighted by molar-refractivity contribution is -0.122. The molecule has 34 heavy (non-hydrogen) atoms. The molecule has 6 rings (SSSR count). The molecule has 3 aliphatic heterocycles. The van der Waals surface area contributed by atoms with Gasteiger partial charge in [0.15, 0.2) is 11.6 Å². The van der Waals surface area contributed by atoms with E-state index in [4.69, 9.17) is 0 Å². The fourth-order valence-corrected chi connectivity index (χ4v) is 6.09. The molecule has 4 atom stereocenters. The molecule has 5 nitrogen and oxygen atoms in total. The topological polar surface area (TPSA) is 66.5 Å². The van der Waals surface area contributed by atoms with E-state index in [2.05, 4.69) is 5.32 Å². The van der Waals surface area contributed by atoms with E-state index in [1.54, 1.807) is 36.4 Å². The maximum Gasteiger partial charge on any atom is 0.238 e. The number of hydrogen-bond acceptors (Lipinski definition) is 4. The van der Waals surface area contributed by atoms with Gasteiger partial charge in [-0.2, -0.15) is 0 Å². The maximum atomic E-state index is 14.1. The number of Topliss-reactive ketones (excluding diaryl/α,β-unsaturated/α-hetero) is 2. The normalized spacial score (nSPS) is 26.1. The highest BCUT2D eigenvalue weighted by Crippen LogP contribution is 2.57. The van der Waals surface area contributed by atoms with Crippen molar-refractivity contribution in [3.63, 3.8) is 0 Å². The minimum absolute atomic E-state index is 0.223. The largest absolute Gasteiger partial charge is 0.352 e. The number of carbonyl (C=O) groups is 3. The van der Waals surface area contributed by atoms with E-state index in [9.17, 15) is 18.8 Å². The Morgan fingerprint density at radius 2 is 1.74 bits per heavy atom. The molecule has 0 unspecified atom stereocenters. The number of hydrogen-bond donors (Lipinski definition) is 1. The van der Waals surface area contributed by atoms with Crippen molar-refractivity contribution in [1.29, 1.82) is 0 Å². The van der Waals surface area contributed by atoms with Crippen LogP contribution in [0.4, 0.5) is 15.8 Å². The standard InChI is InChI=1S/C28H21FN2O3/c1-16(32)25-24(26(33)17-7-3-2-4-8-17)28(20-9-5-6-10-21(20)30-27(28)34)23-14-11-18-15-19(29)12-13-22(18)31(23)25/h2-15,23-25H,1H3,(H,30,34)/t23-,24-,25-,28-/m1/s1. The molecule has 6 heteroatoms. The lowest BCUT2D eigenvalue weighted by atomic mass is 9.64. The Balaban J connectivity index is 1.67. The minimum Gasteiger partial charge on any atom is -0.352 e. The predicted octanol–water partition coefficient (Wildman–Crippen LogP) is 4.39. The second-order valence-corrected chi connectivity index (χ2v) is 9.05. The molecule has 3 aliphatic rings. The van der Waals surface area contributed by atoms with Gasteiger partial charge in [-0.1, -0.05) is 60.7 Å². The van der Waals surface area contributed by atoms with Crippen LogP contribution in [0.15, 0.2) is 78.9 Å². The molecule has 1 saturated heterocycles. The van der Waals surface area contributed by atoms with Gasteiger partial charge in [-0.05, 0) is 36.8 Å². The summed E-state index contributed by atoms with van der Waals surface area (Å²) in [7, 11) is 0. The number of anilines is 2. The van der Waals surface area contributed by atoms with Crippen molar-refractivity contribution in [3.05, 3.63) is 101 Å². The van der Waals surface area contributed by atoms with Crippen LogP contribution >= 0.6 is 0 Å². The Kier molecular flexibility index (Phi) is 4.36. The number of para-hydroxylation sites is 1. The summed E-state index contributed by atoms with van der Waals surface area (Å²) in [5, 5.41) is 2.97. The molecular weight excluding hydrogens is 431 g/mol. The summed E-state index contributed by atoms with van der Waals surface area (Å²) in [5.41, 5.74) is 1.70. The SMILES string of the molecule is CC(=O)[C@@H]1[C@H](C(=O)c2ccccc2)[C@]2(C(=O)Nc3ccccc32)[C@H]2C=Cc3cc(F)ccc3N12. The van der Waals surface area contributed by atoms with Gasteiger partial charge < -0.3 is 10.2 Å². The maximum absolute atomic E-state index is 14.1. The van der Waals surface area contributed by atoms with Crippen LogP contribution in [0.2, 0.25) is 0 Å². The molecule has 0 saturated carbocycles. The van der Waals surface area contributed by atoms with E-state index < -0.39 is 29.2 Å². The molecule has 0 bridgehead atoms. The zero-order valence-electron chi connectivity index (χ0n) is 18.4. The van der Waals surface area contributed by atoms with Gasteiger partial charge in [0.2, 0.25) is 5.91 Å². The fraction of sp³-hybridized carbons (Fsp3) is 0.179. The van der Waals surface area contributed by atoms with Crippen LogP contribution < -0.4 is 10.2 Å². The smallest absolute Gasteiger partial charge is 0.238 e. The van der Waals surface area contributed by atoms with Crippen LogP contribution in [0.3, 0.4) is 0 Å². The molecule has 0 radical (unpaired) electrons. The van der Waals surface area contributed by atoms with Gasteiger partial charge in [0.05, 0.1) is 18.0 Å². The summed E-state index contributed by atoms with van der Waals surface area (Å²) in [6.45, 7) is 1.45. The molecular formula is C28H21FN2O3. The van der Waals surface area contributed by atoms with E-state index in [-0.39, 0.29) is 17.5 Å². The number of fused-ring (bicyclic) bond motifs is 6. The highest BCUT2D eigenvalue weighted by molar-refractivity contribution is 6.16. The third-order valence-corrected chi connectivity index (χ3v) is 7.35. The summed E-state index contributed by atoms with van der Waals surface area (Å²) in [6, 6.07) is 19.0. The van der Waals surface area contributed by atoms with Crippen molar-refractivity contribution in [2.24, 2.45) is 5.92 Å². The number of rotatable bonds is 3. The van der Waals surface area contributed by atoms with Gasteiger partial charge in [-0.25, -0.2) is 4.39 Å². The van der Waals surface area contributed by atoms with E-state index in [1.807, 2.05) is 41.3 Å². The molecule has 3 aromatic carbocycles. The van der Waals surface area contributed by atoms with Crippen LogP contribution in [-0.4, -0.2) is 29.6 Å². The Bertz CT molecular complexity index is 1400. The van der Waals surface area contributed by atoms with Gasteiger partial charge in [0, 0.05) is 22.5 Å². The second kappa shape index (κ2) is 7.22. The van der Waals surface area contributed by atoms with Crippen molar-refractivity contribution in [1.82, 2.24) is 0 Å². The Morgan fingerprint density at radius 3 is 2.50 bits per heavy atom. The van der Waals surface area contributed by atoms with E-state index in [1.165, 1.54) is 19.1 Å². The van der Waals surface area contributed by atoms with Crippen molar-refractivity contribution < 1.29 is 18.8 Å². The molecule has 0 aromatic heterocycles. The van der Waals surface area contributed by atoms with Gasteiger partial charge >= 0.3 is 0 Å². The molecule has 3 aromatic rings. The highest BCUT2D eigenvalue weighted by atomic mass is 19.1. The lowest BCUT2D eigenvalue weighted by Gasteiger charge is -2.37. The summed E-state index contributed by atoms with van der Waals surface area (Å²) in [6.07, 6.45) is 3.61. The van der Waals surface area contributed by atoms with Crippen molar-refractivity contribution in [2.75, 3.05) is 10.2 Å². The van der Waals surface area contributed by atoms with E-state index in [0.29, 0.717) is 28.1 Å². The Hall–Kier alpha value is -4.06. The summed E-state index contributed by atoms with van der Waals surface area (Å²) >= 11 is 0. The fourth-order valence-electron chi connectivity index (χ4n) is 6.09. The number of carbonyl (C=O) groups excluding carboxylic acids is 3. The first kappa shape index (κ1) is 20.5. The van der Waals surface area contributed by atoms with Crippen LogP contribution in [0.25, 0.3) is 6.08 Å². The molecule has 1 N–H and O–H groups in total. The first-order valence-electron chi connectivity index (χ1n) is 11.2. The number of nitrogens with zero attached hydrogens (tertiary/aromatic N) is 1. The van der Waals surface area contributed by atoms with Crippen molar-refractivity contribution >= 4 is 34.9 Å². The van der Waals surface area contributed by atoms with Gasteiger partial charge in [-0.3, -0.25) is 14.4 Å². The second-order valence-electron chi connectivity index (χ2n) is 9.05. The number of ketones is 2. The van der Waals surface area contributed by atoms with Crippen LogP contribution in [0.1, 0.15) is 28.4 Å². The van der Waals surface area contributed by atoms with Crippen molar-refractivity contribution in [3.8, 4) is 0 Å². The van der Waals surface area contributed by atoms with Crippen molar-refractivity contribution in [2.45, 2.75) is 24.4 Å². The molecule has 3 heterocycles. The average molecular weight is 452 g/mol. The van der Waals surface area contributed by atoms with E-state index in [0.717, 1.165) is 0 Å². The quantitative estimate of drug-likeness (QED) is 0.599. The summed E-state index contributed by atoms with van der Waals surface area (Å²) in [5.74, 6) is -2.16. The summed E-state index contributed by atoms with van der Waals surface area (Å²) in [4.78, 5) is 43.2. The first-order chi connectivity index (χ1) is 16.4. The van der Waals surface area contributed by atoms with Gasteiger partial charge in [0.25, 0.3) is 0 Å². The molecule has 1 amide bonds. The number of nitrogens with one attached hydrogen (secondary N) is 1. The predicted molar refractivity (Wildman–Crippen MR) is 127 cm³/mol. The van der Waals surface area contributed by atoms with Crippen LogP contribution in [-0.2, 0) is 15.0 Å². The van der Waals surface area contributed by atoms with Crippen LogP contribution in [0.5, 0.6) is 0 Å². The minimum atomic E-state index is -1.32. The highest BCUT2D eigenvalue weighted by Gasteiger charge is 2.69. The molecule has 168 valence electrons. The Morgan fingerprint density at radius 1 is 1.00 bits per heavy atom. The molecule has 1 fully saturated rings. The average Bonchev–Trinajstić information content (AvgIpc) is 3.32. The zero-order valence-corrected chi connectivity index (χ0v) is 18.4. The van der Waals surface area contributed by atoms with Gasteiger partial charge in [-0.15, -0.1) is 0 Å².